The van der Waals surface area contributed by atoms with Gasteiger partial charge >= 0.3 is 5.97 Å². The Bertz CT molecular complexity index is 938. The number of hydrogen-bond donors (Lipinski definition) is 3. The number of carboxylic acid groups (broad SMARTS) is 1. The van der Waals surface area contributed by atoms with Crippen molar-refractivity contribution in [2.75, 3.05) is 17.2 Å². The van der Waals surface area contributed by atoms with Crippen LogP contribution in [0.3, 0.4) is 0 Å². The van der Waals surface area contributed by atoms with Gasteiger partial charge in [-0.05, 0) is 30.3 Å². The highest BCUT2D eigenvalue weighted by molar-refractivity contribution is 6.35. The van der Waals surface area contributed by atoms with E-state index in [0.717, 1.165) is 0 Å². The molecule has 3 aromatic rings. The largest absolute Gasteiger partial charge is 0.480 e. The van der Waals surface area contributed by atoms with Gasteiger partial charge in [-0.25, -0.2) is 4.98 Å². The van der Waals surface area contributed by atoms with Gasteiger partial charge in [0.1, 0.15) is 12.4 Å². The minimum Gasteiger partial charge on any atom is -0.480 e. The summed E-state index contributed by atoms with van der Waals surface area (Å²) in [6.07, 6.45) is 1.64. The number of nitrogens with one attached hydrogen (secondary N) is 2. The van der Waals surface area contributed by atoms with Crippen LogP contribution in [0.25, 0.3) is 11.4 Å². The molecule has 2 heterocycles. The van der Waals surface area contributed by atoms with E-state index in [0.29, 0.717) is 32.9 Å². The maximum Gasteiger partial charge on any atom is 0.322 e. The van der Waals surface area contributed by atoms with E-state index in [4.69, 9.17) is 28.3 Å². The Morgan fingerprint density at radius 3 is 2.65 bits per heavy atom. The first-order valence-corrected chi connectivity index (χ1v) is 8.25. The number of aromatic nitrogens is 3. The second kappa shape index (κ2) is 7.99. The van der Waals surface area contributed by atoms with E-state index in [-0.39, 0.29) is 12.5 Å². The van der Waals surface area contributed by atoms with Crippen molar-refractivity contribution in [2.24, 2.45) is 0 Å². The Labute approximate surface area is 159 Å². The van der Waals surface area contributed by atoms with Crippen LogP contribution in [0, 0.1) is 0 Å². The van der Waals surface area contributed by atoms with Crippen molar-refractivity contribution in [3.8, 4) is 11.4 Å². The quantitative estimate of drug-likeness (QED) is 0.583. The number of nitrogens with zero attached hydrogens (tertiary/aromatic N) is 3. The Balaban J connectivity index is 1.98. The van der Waals surface area contributed by atoms with Gasteiger partial charge < -0.3 is 15.7 Å². The summed E-state index contributed by atoms with van der Waals surface area (Å²) in [4.78, 5) is 23.6. The molecule has 0 spiro atoms. The molecule has 0 fully saturated rings. The van der Waals surface area contributed by atoms with Crippen LogP contribution in [0.2, 0.25) is 10.0 Å². The highest BCUT2D eigenvalue weighted by Crippen LogP contribution is 2.29. The van der Waals surface area contributed by atoms with Crippen LogP contribution < -0.4 is 10.6 Å². The maximum absolute atomic E-state index is 10.8. The Kier molecular flexibility index (Phi) is 5.50. The van der Waals surface area contributed by atoms with Crippen LogP contribution in [0.4, 0.5) is 17.5 Å². The third-order valence-electron chi connectivity index (χ3n) is 3.24. The van der Waals surface area contributed by atoms with Crippen molar-refractivity contribution in [3.05, 3.63) is 58.7 Å². The van der Waals surface area contributed by atoms with Gasteiger partial charge in [0.2, 0.25) is 5.95 Å². The third-order valence-corrected chi connectivity index (χ3v) is 3.81. The smallest absolute Gasteiger partial charge is 0.322 e. The van der Waals surface area contributed by atoms with E-state index < -0.39 is 5.97 Å². The standard InChI is InChI=1S/C17H13Cl2N5O2/c18-10-4-5-11(19)13(7-10)22-15-8-14(12-3-1-2-6-20-12)23-17(24-15)21-9-16(25)26/h1-8H,9H2,(H,25,26)(H2,21,22,23,24). The maximum atomic E-state index is 10.8. The zero-order valence-corrected chi connectivity index (χ0v) is 14.8. The third kappa shape index (κ3) is 4.59. The minimum atomic E-state index is -1.02. The van der Waals surface area contributed by atoms with Gasteiger partial charge in [-0.2, -0.15) is 4.98 Å². The monoisotopic (exact) mass is 389 g/mol. The average Bonchev–Trinajstić information content (AvgIpc) is 2.63. The number of carboxylic acids is 1. The van der Waals surface area contributed by atoms with E-state index in [1.165, 1.54) is 0 Å². The van der Waals surface area contributed by atoms with Gasteiger partial charge in [-0.1, -0.05) is 29.3 Å². The van der Waals surface area contributed by atoms with E-state index in [9.17, 15) is 4.79 Å². The molecule has 0 aliphatic carbocycles. The van der Waals surface area contributed by atoms with Gasteiger partial charge in [0, 0.05) is 17.3 Å². The highest BCUT2D eigenvalue weighted by Gasteiger charge is 2.10. The van der Waals surface area contributed by atoms with Crippen LogP contribution in [0.1, 0.15) is 0 Å². The van der Waals surface area contributed by atoms with Crippen molar-refractivity contribution in [1.82, 2.24) is 15.0 Å². The summed E-state index contributed by atoms with van der Waals surface area (Å²) in [5.41, 5.74) is 1.71. The van der Waals surface area contributed by atoms with Crippen LogP contribution in [0.15, 0.2) is 48.7 Å². The first-order valence-electron chi connectivity index (χ1n) is 7.49. The lowest BCUT2D eigenvalue weighted by molar-refractivity contribution is -0.134. The van der Waals surface area contributed by atoms with Crippen molar-refractivity contribution < 1.29 is 9.90 Å². The molecule has 3 rings (SSSR count). The normalized spacial score (nSPS) is 10.4. The van der Waals surface area contributed by atoms with Crippen molar-refractivity contribution in [3.63, 3.8) is 0 Å². The molecule has 0 aliphatic rings. The molecule has 0 saturated carbocycles. The Hall–Kier alpha value is -2.90. The lowest BCUT2D eigenvalue weighted by Gasteiger charge is -2.11. The van der Waals surface area contributed by atoms with Crippen molar-refractivity contribution >= 4 is 46.6 Å². The molecule has 0 radical (unpaired) electrons. The minimum absolute atomic E-state index is 0.149. The topological polar surface area (TPSA) is 100 Å². The molecule has 0 bridgehead atoms. The van der Waals surface area contributed by atoms with Crippen LogP contribution in [0.5, 0.6) is 0 Å². The fraction of sp³-hybridized carbons (Fsp3) is 0.0588. The fourth-order valence-electron chi connectivity index (χ4n) is 2.12. The molecule has 132 valence electrons. The van der Waals surface area contributed by atoms with Crippen LogP contribution in [-0.4, -0.2) is 32.6 Å². The molecular weight excluding hydrogens is 377 g/mol. The Morgan fingerprint density at radius 1 is 1.08 bits per heavy atom. The molecule has 3 N–H and O–H groups in total. The number of anilines is 3. The highest BCUT2D eigenvalue weighted by atomic mass is 35.5. The summed E-state index contributed by atoms with van der Waals surface area (Å²) in [7, 11) is 0. The van der Waals surface area contributed by atoms with Gasteiger partial charge in [0.15, 0.2) is 0 Å². The van der Waals surface area contributed by atoms with E-state index in [1.807, 2.05) is 6.07 Å². The first kappa shape index (κ1) is 17.9. The second-order valence-corrected chi connectivity index (χ2v) is 6.02. The summed E-state index contributed by atoms with van der Waals surface area (Å²) in [5.74, 6) is -0.460. The average molecular weight is 390 g/mol. The molecule has 0 amide bonds. The molecule has 9 heteroatoms. The molecule has 26 heavy (non-hydrogen) atoms. The molecule has 0 atom stereocenters. The summed E-state index contributed by atoms with van der Waals surface area (Å²) in [6, 6.07) is 12.1. The predicted molar refractivity (Wildman–Crippen MR) is 101 cm³/mol. The number of pyridine rings is 1. The zero-order chi connectivity index (χ0) is 18.5. The van der Waals surface area contributed by atoms with Crippen molar-refractivity contribution in [2.45, 2.75) is 0 Å². The van der Waals surface area contributed by atoms with Gasteiger partial charge in [-0.3, -0.25) is 9.78 Å². The van der Waals surface area contributed by atoms with E-state index >= 15 is 0 Å². The molecule has 0 aliphatic heterocycles. The Morgan fingerprint density at radius 2 is 1.92 bits per heavy atom. The number of benzene rings is 1. The van der Waals surface area contributed by atoms with Gasteiger partial charge in [0.05, 0.1) is 22.1 Å². The zero-order valence-electron chi connectivity index (χ0n) is 13.3. The second-order valence-electron chi connectivity index (χ2n) is 5.17. The summed E-state index contributed by atoms with van der Waals surface area (Å²) in [6.45, 7) is -0.316. The molecule has 0 unspecified atom stereocenters. The van der Waals surface area contributed by atoms with E-state index in [2.05, 4.69) is 25.6 Å². The molecule has 1 aromatic carbocycles. The first-order chi connectivity index (χ1) is 12.5. The summed E-state index contributed by atoms with van der Waals surface area (Å²) >= 11 is 12.2. The SMILES string of the molecule is O=C(O)CNc1nc(Nc2cc(Cl)ccc2Cl)cc(-c2ccccn2)n1. The van der Waals surface area contributed by atoms with Gasteiger partial charge in [0.25, 0.3) is 0 Å². The van der Waals surface area contributed by atoms with Crippen molar-refractivity contribution in [1.29, 1.82) is 0 Å². The van der Waals surface area contributed by atoms with Crippen LogP contribution in [-0.2, 0) is 4.79 Å². The molecule has 2 aromatic heterocycles. The number of halogens is 2. The number of hydrogen-bond acceptors (Lipinski definition) is 6. The lowest BCUT2D eigenvalue weighted by Crippen LogP contribution is -2.15. The molecule has 7 nitrogen and oxygen atoms in total. The number of carbonyl (C=O) groups is 1. The number of aliphatic carboxylic acids is 1. The lowest BCUT2D eigenvalue weighted by atomic mass is 10.2. The van der Waals surface area contributed by atoms with Gasteiger partial charge in [-0.15, -0.1) is 0 Å². The fourth-order valence-corrected chi connectivity index (χ4v) is 2.46. The molecule has 0 saturated heterocycles. The predicted octanol–water partition coefficient (Wildman–Crippen LogP) is 4.09. The van der Waals surface area contributed by atoms with Crippen LogP contribution >= 0.6 is 23.2 Å². The van der Waals surface area contributed by atoms with E-state index in [1.54, 1.807) is 42.6 Å². The summed E-state index contributed by atoms with van der Waals surface area (Å²) < 4.78 is 0. The molecular formula is C17H13Cl2N5O2. The summed E-state index contributed by atoms with van der Waals surface area (Å²) in [5, 5.41) is 15.6. The number of rotatable bonds is 6.